The molecule has 204 valence electrons. The van der Waals surface area contributed by atoms with Crippen LogP contribution in [0.2, 0.25) is 0 Å². The lowest BCUT2D eigenvalue weighted by Gasteiger charge is -2.40. The predicted molar refractivity (Wildman–Crippen MR) is 148 cm³/mol. The highest BCUT2D eigenvalue weighted by Gasteiger charge is 2.31. The largest absolute Gasteiger partial charge is 0.416 e. The van der Waals surface area contributed by atoms with Gasteiger partial charge in [-0.15, -0.1) is 0 Å². The number of hydrogen-bond acceptors (Lipinski definition) is 3. The van der Waals surface area contributed by atoms with Gasteiger partial charge in [-0.3, -0.25) is 9.78 Å². The van der Waals surface area contributed by atoms with Crippen LogP contribution in [0.4, 0.5) is 13.2 Å². The second kappa shape index (κ2) is 12.2. The highest BCUT2D eigenvalue weighted by atomic mass is 19.4. The Morgan fingerprint density at radius 1 is 0.923 bits per heavy atom. The first-order valence-electron chi connectivity index (χ1n) is 13.8. The number of halogens is 3. The molecule has 1 saturated heterocycles. The summed E-state index contributed by atoms with van der Waals surface area (Å²) in [5.41, 5.74) is 3.01. The summed E-state index contributed by atoms with van der Waals surface area (Å²) in [4.78, 5) is 22.2. The third-order valence-corrected chi connectivity index (χ3v) is 8.02. The van der Waals surface area contributed by atoms with Crippen molar-refractivity contribution in [1.82, 2.24) is 14.8 Å². The van der Waals surface area contributed by atoms with E-state index in [-0.39, 0.29) is 11.9 Å². The fourth-order valence-electron chi connectivity index (χ4n) is 5.80. The molecule has 5 rings (SSSR count). The van der Waals surface area contributed by atoms with E-state index < -0.39 is 11.7 Å². The molecule has 7 heteroatoms. The first kappa shape index (κ1) is 27.1. The molecule has 4 nitrogen and oxygen atoms in total. The van der Waals surface area contributed by atoms with Gasteiger partial charge in [0.25, 0.3) is 0 Å². The Labute approximate surface area is 228 Å². The van der Waals surface area contributed by atoms with Crippen molar-refractivity contribution in [3.8, 4) is 11.1 Å². The van der Waals surface area contributed by atoms with E-state index in [0.717, 1.165) is 54.8 Å². The van der Waals surface area contributed by atoms with Crippen molar-refractivity contribution in [2.75, 3.05) is 13.1 Å². The third kappa shape index (κ3) is 6.95. The molecule has 1 aliphatic heterocycles. The summed E-state index contributed by atoms with van der Waals surface area (Å²) in [6, 6.07) is 17.8. The van der Waals surface area contributed by atoms with E-state index in [2.05, 4.69) is 34.1 Å². The molecule has 1 saturated carbocycles. The summed E-state index contributed by atoms with van der Waals surface area (Å²) in [6.07, 6.45) is 9.29. The molecule has 0 spiro atoms. The number of hydrogen-bond donors (Lipinski definition) is 0. The Hall–Kier alpha value is -3.45. The Bertz CT molecular complexity index is 1240. The van der Waals surface area contributed by atoms with Gasteiger partial charge < -0.3 is 9.80 Å². The lowest BCUT2D eigenvalue weighted by atomic mass is 9.99. The number of alkyl halides is 3. The van der Waals surface area contributed by atoms with Crippen molar-refractivity contribution >= 4 is 12.0 Å². The lowest BCUT2D eigenvalue weighted by Crippen LogP contribution is -2.48. The van der Waals surface area contributed by atoms with Crippen molar-refractivity contribution in [3.05, 3.63) is 95.8 Å². The molecular weight excluding hydrogens is 499 g/mol. The van der Waals surface area contributed by atoms with Crippen LogP contribution in [-0.4, -0.2) is 45.9 Å². The monoisotopic (exact) mass is 533 g/mol. The van der Waals surface area contributed by atoms with E-state index in [1.165, 1.54) is 43.9 Å². The van der Waals surface area contributed by atoms with Gasteiger partial charge in [0.05, 0.1) is 5.56 Å². The van der Waals surface area contributed by atoms with Gasteiger partial charge in [0, 0.05) is 50.2 Å². The van der Waals surface area contributed by atoms with Crippen LogP contribution in [0, 0.1) is 0 Å². The molecule has 39 heavy (non-hydrogen) atoms. The maximum atomic E-state index is 13.5. The summed E-state index contributed by atoms with van der Waals surface area (Å²) >= 11 is 0. The van der Waals surface area contributed by atoms with Crippen LogP contribution in [0.25, 0.3) is 17.2 Å². The Kier molecular flexibility index (Phi) is 8.46. The second-order valence-electron chi connectivity index (χ2n) is 10.6. The molecule has 1 aliphatic carbocycles. The minimum absolute atomic E-state index is 0.116. The molecule has 2 aliphatic rings. The first-order valence-corrected chi connectivity index (χ1v) is 13.8. The molecule has 0 radical (unpaired) electrons. The zero-order valence-electron chi connectivity index (χ0n) is 22.0. The van der Waals surface area contributed by atoms with E-state index in [1.54, 1.807) is 12.3 Å². The highest BCUT2D eigenvalue weighted by molar-refractivity contribution is 5.92. The van der Waals surface area contributed by atoms with Crippen LogP contribution in [-0.2, 0) is 17.5 Å². The van der Waals surface area contributed by atoms with E-state index in [4.69, 9.17) is 0 Å². The molecule has 2 aromatic carbocycles. The molecule has 2 fully saturated rings. The molecule has 1 aromatic heterocycles. The van der Waals surface area contributed by atoms with Gasteiger partial charge in [-0.25, -0.2) is 0 Å². The number of benzene rings is 2. The number of rotatable bonds is 7. The van der Waals surface area contributed by atoms with E-state index >= 15 is 0 Å². The molecular formula is C32H34F3N3O. The number of amides is 1. The van der Waals surface area contributed by atoms with Crippen LogP contribution in [0.1, 0.15) is 55.2 Å². The van der Waals surface area contributed by atoms with E-state index in [9.17, 15) is 18.0 Å². The summed E-state index contributed by atoms with van der Waals surface area (Å²) in [6.45, 7) is 2.46. The predicted octanol–water partition coefficient (Wildman–Crippen LogP) is 7.22. The number of pyridine rings is 1. The average molecular weight is 534 g/mol. The highest BCUT2D eigenvalue weighted by Crippen LogP contribution is 2.30. The maximum absolute atomic E-state index is 13.5. The SMILES string of the molecule is O=C(C=Cc1ccc(C(F)(F)F)cc1)N(Cc1ccc(-c2cccnc2)cc1)C1CCN(C2CCCC2)CC1. The van der Waals surface area contributed by atoms with Gasteiger partial charge in [-0.05, 0) is 72.2 Å². The number of carbonyl (C=O) groups excluding carboxylic acids is 1. The summed E-state index contributed by atoms with van der Waals surface area (Å²) in [5, 5.41) is 0. The first-order chi connectivity index (χ1) is 18.9. The minimum atomic E-state index is -4.38. The fourth-order valence-corrected chi connectivity index (χ4v) is 5.80. The van der Waals surface area contributed by atoms with E-state index in [0.29, 0.717) is 18.2 Å². The zero-order valence-corrected chi connectivity index (χ0v) is 22.0. The topological polar surface area (TPSA) is 36.4 Å². The zero-order chi connectivity index (χ0) is 27.2. The Morgan fingerprint density at radius 2 is 1.62 bits per heavy atom. The van der Waals surface area contributed by atoms with Crippen molar-refractivity contribution in [3.63, 3.8) is 0 Å². The molecule has 1 amide bonds. The third-order valence-electron chi connectivity index (χ3n) is 8.02. The van der Waals surface area contributed by atoms with Gasteiger partial charge >= 0.3 is 6.18 Å². The van der Waals surface area contributed by atoms with Crippen LogP contribution in [0.3, 0.4) is 0 Å². The molecule has 0 atom stereocenters. The Balaban J connectivity index is 1.31. The van der Waals surface area contributed by atoms with Gasteiger partial charge in [-0.2, -0.15) is 13.2 Å². The molecule has 3 aromatic rings. The smallest absolute Gasteiger partial charge is 0.332 e. The lowest BCUT2D eigenvalue weighted by molar-refractivity contribution is -0.137. The van der Waals surface area contributed by atoms with Crippen molar-refractivity contribution in [2.45, 2.75) is 63.3 Å². The molecule has 2 heterocycles. The second-order valence-corrected chi connectivity index (χ2v) is 10.6. The van der Waals surface area contributed by atoms with Gasteiger partial charge in [0.15, 0.2) is 0 Å². The number of nitrogens with zero attached hydrogens (tertiary/aromatic N) is 3. The summed E-state index contributed by atoms with van der Waals surface area (Å²) < 4.78 is 38.7. The standard InChI is InChI=1S/C32H34F3N3O/c33-32(34,35)28-14-9-24(10-15-28)11-16-31(39)38(30-17-20-37(21-18-30)29-5-1-2-6-29)23-25-7-12-26(13-8-25)27-4-3-19-36-22-27/h3-4,7-16,19,22,29-30H,1-2,5-6,17-18,20-21,23H2. The van der Waals surface area contributed by atoms with Crippen LogP contribution in [0.15, 0.2) is 79.1 Å². The minimum Gasteiger partial charge on any atom is -0.332 e. The average Bonchev–Trinajstić information content (AvgIpc) is 3.51. The number of piperidine rings is 1. The van der Waals surface area contributed by atoms with Crippen LogP contribution in [0.5, 0.6) is 0 Å². The quantitative estimate of drug-likeness (QED) is 0.301. The number of aromatic nitrogens is 1. The molecule has 0 N–H and O–H groups in total. The normalized spacial score (nSPS) is 17.6. The van der Waals surface area contributed by atoms with Crippen LogP contribution >= 0.6 is 0 Å². The van der Waals surface area contributed by atoms with Gasteiger partial charge in [-0.1, -0.05) is 55.3 Å². The van der Waals surface area contributed by atoms with Gasteiger partial charge in [0.2, 0.25) is 5.91 Å². The maximum Gasteiger partial charge on any atom is 0.416 e. The van der Waals surface area contributed by atoms with Crippen LogP contribution < -0.4 is 0 Å². The van der Waals surface area contributed by atoms with Crippen molar-refractivity contribution in [1.29, 1.82) is 0 Å². The van der Waals surface area contributed by atoms with Crippen molar-refractivity contribution < 1.29 is 18.0 Å². The molecule has 0 unspecified atom stereocenters. The fraction of sp³-hybridized carbons (Fsp3) is 0.375. The van der Waals surface area contributed by atoms with Crippen molar-refractivity contribution in [2.24, 2.45) is 0 Å². The Morgan fingerprint density at radius 3 is 2.23 bits per heavy atom. The van der Waals surface area contributed by atoms with Gasteiger partial charge in [0.1, 0.15) is 0 Å². The molecule has 0 bridgehead atoms. The van der Waals surface area contributed by atoms with E-state index in [1.807, 2.05) is 23.2 Å². The summed E-state index contributed by atoms with van der Waals surface area (Å²) in [7, 11) is 0. The number of likely N-dealkylation sites (tertiary alicyclic amines) is 1. The summed E-state index contributed by atoms with van der Waals surface area (Å²) in [5.74, 6) is -0.120. The number of carbonyl (C=O) groups is 1.